The van der Waals surface area contributed by atoms with E-state index in [1.165, 1.54) is 21.2 Å². The molecule has 0 aromatic heterocycles. The molecule has 5 heavy (non-hydrogen) atoms. The molecule has 1 heterocycles. The van der Waals surface area contributed by atoms with Gasteiger partial charge in [-0.3, -0.25) is 0 Å². The van der Waals surface area contributed by atoms with E-state index >= 15 is 0 Å². The number of rotatable bonds is 1. The van der Waals surface area contributed by atoms with E-state index in [1.54, 1.807) is 0 Å². The average molecular weight is 88.1 g/mol. The molecule has 1 rings (SSSR count). The molecule has 1 unspecified atom stereocenters. The summed E-state index contributed by atoms with van der Waals surface area (Å²) in [4.78, 5) is 0. The lowest BCUT2D eigenvalue weighted by Crippen LogP contribution is -1.70. The summed E-state index contributed by atoms with van der Waals surface area (Å²) in [5.41, 5.74) is 1.16. The van der Waals surface area contributed by atoms with E-state index in [1.807, 2.05) is 0 Å². The third kappa shape index (κ3) is 0.887. The Balaban J connectivity index is 2.00. The first kappa shape index (κ1) is 3.61. The van der Waals surface area contributed by atoms with Crippen LogP contribution in [-0.2, 0) is 0 Å². The van der Waals surface area contributed by atoms with E-state index in [2.05, 4.69) is 6.92 Å². The molecule has 0 nitrogen and oxygen atoms in total. The Bertz CT molecular complexity index is 30.6. The van der Waals surface area contributed by atoms with Crippen molar-refractivity contribution in [2.45, 2.75) is 19.0 Å². The lowest BCUT2D eigenvalue weighted by atomic mass is 10.4. The first-order valence-corrected chi connectivity index (χ1v) is 3.45. The Kier molecular flexibility index (Phi) is 0.911. The van der Waals surface area contributed by atoms with Gasteiger partial charge in [0.25, 0.3) is 0 Å². The third-order valence-corrected chi connectivity index (χ3v) is 2.38. The van der Waals surface area contributed by atoms with E-state index < -0.39 is 0 Å². The Hall–Kier alpha value is 0.430. The predicted octanol–water partition coefficient (Wildman–Crippen LogP) is 1.46. The predicted molar refractivity (Wildman–Crippen MR) is 27.3 cm³/mol. The van der Waals surface area contributed by atoms with Gasteiger partial charge in [0.1, 0.15) is 0 Å². The molecule has 2 atom stereocenters. The van der Waals surface area contributed by atoms with Crippen LogP contribution >= 0.6 is 8.58 Å². The fourth-order valence-electron chi connectivity index (χ4n) is 0.372. The van der Waals surface area contributed by atoms with Gasteiger partial charge in [0.15, 0.2) is 0 Å². The van der Waals surface area contributed by atoms with Gasteiger partial charge in [-0.05, 0) is 18.2 Å². The maximum Gasteiger partial charge on any atom is -0.0202 e. The topological polar surface area (TPSA) is 0 Å². The molecular formula is C4H9P. The molecule has 1 saturated heterocycles. The van der Waals surface area contributed by atoms with E-state index in [0.29, 0.717) is 0 Å². The molecule has 1 aliphatic heterocycles. The Morgan fingerprint density at radius 2 is 2.60 bits per heavy atom. The summed E-state index contributed by atoms with van der Waals surface area (Å²) in [6.45, 7) is 2.27. The Morgan fingerprint density at radius 1 is 2.00 bits per heavy atom. The van der Waals surface area contributed by atoms with Crippen molar-refractivity contribution in [1.29, 1.82) is 0 Å². The van der Waals surface area contributed by atoms with Crippen LogP contribution in [0, 0.1) is 0 Å². The standard InChI is InChI=1S/C4H9P/c1-2-4-3-5-4/h4-5H,2-3H2,1H3/t4-/m1/s1. The normalized spacial score (nSPS) is 39.0. The fraction of sp³-hybridized carbons (Fsp3) is 1.00. The van der Waals surface area contributed by atoms with Crippen molar-refractivity contribution in [3.63, 3.8) is 0 Å². The molecule has 0 aliphatic carbocycles. The zero-order valence-corrected chi connectivity index (χ0v) is 4.49. The molecule has 0 radical (unpaired) electrons. The quantitative estimate of drug-likeness (QED) is 0.425. The molecule has 0 aromatic carbocycles. The van der Waals surface area contributed by atoms with Crippen LogP contribution in [0.1, 0.15) is 13.3 Å². The highest BCUT2D eigenvalue weighted by molar-refractivity contribution is 7.47. The largest absolute Gasteiger partial charge is 0.118 e. The molecule has 1 heteroatoms. The first-order chi connectivity index (χ1) is 2.43. The van der Waals surface area contributed by atoms with E-state index in [0.717, 1.165) is 5.66 Å². The molecule has 30 valence electrons. The van der Waals surface area contributed by atoms with Crippen molar-refractivity contribution in [3.8, 4) is 0 Å². The van der Waals surface area contributed by atoms with Crippen LogP contribution in [0.25, 0.3) is 0 Å². The van der Waals surface area contributed by atoms with Gasteiger partial charge in [-0.1, -0.05) is 6.92 Å². The minimum Gasteiger partial charge on any atom is -0.118 e. The minimum absolute atomic E-state index is 1.16. The van der Waals surface area contributed by atoms with Crippen LogP contribution in [0.4, 0.5) is 0 Å². The summed E-state index contributed by atoms with van der Waals surface area (Å²) in [5.74, 6) is 0. The van der Waals surface area contributed by atoms with Crippen molar-refractivity contribution in [2.75, 3.05) is 6.16 Å². The van der Waals surface area contributed by atoms with Crippen LogP contribution < -0.4 is 0 Å². The highest BCUT2D eigenvalue weighted by atomic mass is 31.1. The van der Waals surface area contributed by atoms with E-state index in [-0.39, 0.29) is 0 Å². The van der Waals surface area contributed by atoms with Gasteiger partial charge in [-0.15, -0.1) is 8.58 Å². The van der Waals surface area contributed by atoms with Gasteiger partial charge in [0.05, 0.1) is 0 Å². The van der Waals surface area contributed by atoms with Gasteiger partial charge >= 0.3 is 0 Å². The second-order valence-electron chi connectivity index (χ2n) is 1.51. The van der Waals surface area contributed by atoms with Crippen molar-refractivity contribution < 1.29 is 0 Å². The molecule has 1 fully saturated rings. The molecule has 0 amide bonds. The summed E-state index contributed by atoms with van der Waals surface area (Å²) in [7, 11) is 1.32. The second kappa shape index (κ2) is 1.26. The maximum atomic E-state index is 2.27. The average Bonchev–Trinajstić information content (AvgIpc) is 2.12. The van der Waals surface area contributed by atoms with Crippen molar-refractivity contribution in [3.05, 3.63) is 0 Å². The zero-order chi connectivity index (χ0) is 3.70. The monoisotopic (exact) mass is 88.0 g/mol. The van der Waals surface area contributed by atoms with Crippen LogP contribution in [0.3, 0.4) is 0 Å². The summed E-state index contributed by atoms with van der Waals surface area (Å²) in [6.07, 6.45) is 2.97. The smallest absolute Gasteiger partial charge is 0.0202 e. The lowest BCUT2D eigenvalue weighted by molar-refractivity contribution is 0.980. The lowest BCUT2D eigenvalue weighted by Gasteiger charge is -1.72. The van der Waals surface area contributed by atoms with Gasteiger partial charge in [0, 0.05) is 0 Å². The van der Waals surface area contributed by atoms with E-state index in [4.69, 9.17) is 0 Å². The zero-order valence-electron chi connectivity index (χ0n) is 3.49. The first-order valence-electron chi connectivity index (χ1n) is 2.17. The molecule has 0 aromatic rings. The Labute approximate surface area is 34.7 Å². The summed E-state index contributed by atoms with van der Waals surface area (Å²) in [5, 5.41) is 0. The van der Waals surface area contributed by atoms with Crippen LogP contribution in [0.2, 0.25) is 0 Å². The molecule has 1 aliphatic rings. The van der Waals surface area contributed by atoms with Gasteiger partial charge in [-0.25, -0.2) is 0 Å². The van der Waals surface area contributed by atoms with Crippen molar-refractivity contribution >= 4 is 8.58 Å². The summed E-state index contributed by atoms with van der Waals surface area (Å²) in [6, 6.07) is 0. The van der Waals surface area contributed by atoms with Gasteiger partial charge in [0.2, 0.25) is 0 Å². The fourth-order valence-corrected chi connectivity index (χ4v) is 1.12. The molecule has 0 bridgehead atoms. The van der Waals surface area contributed by atoms with Gasteiger partial charge in [-0.2, -0.15) is 0 Å². The van der Waals surface area contributed by atoms with E-state index in [9.17, 15) is 0 Å². The van der Waals surface area contributed by atoms with Crippen molar-refractivity contribution in [2.24, 2.45) is 0 Å². The minimum atomic E-state index is 1.16. The molecular weight excluding hydrogens is 79.0 g/mol. The maximum absolute atomic E-state index is 2.27. The number of hydrogen-bond donors (Lipinski definition) is 0. The highest BCUT2D eigenvalue weighted by Gasteiger charge is 2.17. The number of hydrogen-bond acceptors (Lipinski definition) is 0. The summed E-state index contributed by atoms with van der Waals surface area (Å²) >= 11 is 0. The molecule has 0 spiro atoms. The SMILES string of the molecule is CC[C@@H]1CP1. The highest BCUT2D eigenvalue weighted by Crippen LogP contribution is 2.40. The molecule has 0 saturated carbocycles. The van der Waals surface area contributed by atoms with Gasteiger partial charge < -0.3 is 0 Å². The van der Waals surface area contributed by atoms with Crippen LogP contribution in [0.5, 0.6) is 0 Å². The van der Waals surface area contributed by atoms with Crippen LogP contribution in [0.15, 0.2) is 0 Å². The summed E-state index contributed by atoms with van der Waals surface area (Å²) < 4.78 is 0. The molecule has 0 N–H and O–H groups in total. The van der Waals surface area contributed by atoms with Crippen molar-refractivity contribution in [1.82, 2.24) is 0 Å². The third-order valence-electron chi connectivity index (χ3n) is 0.986. The Morgan fingerprint density at radius 3 is 2.60 bits per heavy atom. The van der Waals surface area contributed by atoms with Crippen LogP contribution in [-0.4, -0.2) is 11.8 Å². The second-order valence-corrected chi connectivity index (χ2v) is 3.15.